The maximum atomic E-state index is 6.10. The van der Waals surface area contributed by atoms with E-state index in [1.54, 1.807) is 0 Å². The second kappa shape index (κ2) is 4.51. The van der Waals surface area contributed by atoms with Gasteiger partial charge in [-0.2, -0.15) is 0 Å². The van der Waals surface area contributed by atoms with Crippen molar-refractivity contribution in [1.82, 2.24) is 0 Å². The summed E-state index contributed by atoms with van der Waals surface area (Å²) >= 11 is 0. The summed E-state index contributed by atoms with van der Waals surface area (Å²) in [5, 5.41) is 0. The van der Waals surface area contributed by atoms with E-state index in [1.165, 1.54) is 5.56 Å². The Morgan fingerprint density at radius 1 is 1.19 bits per heavy atom. The van der Waals surface area contributed by atoms with Crippen LogP contribution in [0.4, 0.5) is 0 Å². The predicted octanol–water partition coefficient (Wildman–Crippen LogP) is -0.213. The number of hydrogen-bond donors (Lipinski definition) is 4. The summed E-state index contributed by atoms with van der Waals surface area (Å²) in [5.74, 6) is 0.232. The molecular weight excluding hydrogens is 200 g/mol. The Morgan fingerprint density at radius 2 is 1.81 bits per heavy atom. The minimum atomic E-state index is -0.0857. The van der Waals surface area contributed by atoms with Gasteiger partial charge in [0.15, 0.2) is 0 Å². The monoisotopic (exact) mass is 220 g/mol. The summed E-state index contributed by atoms with van der Waals surface area (Å²) in [6.07, 6.45) is 0.816. The van der Waals surface area contributed by atoms with Crippen LogP contribution in [-0.2, 0) is 0 Å². The fourth-order valence-corrected chi connectivity index (χ4v) is 2.52. The van der Waals surface area contributed by atoms with Crippen molar-refractivity contribution in [2.45, 2.75) is 30.5 Å². The molecule has 0 heterocycles. The van der Waals surface area contributed by atoms with Gasteiger partial charge in [-0.05, 0) is 17.5 Å². The third-order valence-electron chi connectivity index (χ3n) is 3.53. The number of fused-ring (bicyclic) bond motifs is 1. The minimum absolute atomic E-state index is 0.0301. The molecule has 16 heavy (non-hydrogen) atoms. The molecule has 2 rings (SSSR count). The van der Waals surface area contributed by atoms with Gasteiger partial charge in [-0.15, -0.1) is 0 Å². The maximum Gasteiger partial charge on any atom is 0.0451 e. The fourth-order valence-electron chi connectivity index (χ4n) is 2.52. The van der Waals surface area contributed by atoms with Gasteiger partial charge >= 0.3 is 0 Å². The van der Waals surface area contributed by atoms with Gasteiger partial charge in [-0.3, -0.25) is 0 Å². The summed E-state index contributed by atoms with van der Waals surface area (Å²) < 4.78 is 0. The highest BCUT2D eigenvalue weighted by molar-refractivity contribution is 5.37. The lowest BCUT2D eigenvalue weighted by Gasteiger charge is -2.36. The molecule has 4 atom stereocenters. The Hall–Kier alpha value is -0.940. The third kappa shape index (κ3) is 1.85. The minimum Gasteiger partial charge on any atom is -0.329 e. The lowest BCUT2D eigenvalue weighted by atomic mass is 9.75. The second-order valence-corrected chi connectivity index (χ2v) is 4.56. The van der Waals surface area contributed by atoms with Crippen LogP contribution in [0.5, 0.6) is 0 Å². The summed E-state index contributed by atoms with van der Waals surface area (Å²) in [6.45, 7) is 0.473. The van der Waals surface area contributed by atoms with Crippen LogP contribution >= 0.6 is 0 Å². The van der Waals surface area contributed by atoms with Crippen molar-refractivity contribution in [2.75, 3.05) is 6.54 Å². The number of hydrogen-bond acceptors (Lipinski definition) is 4. The van der Waals surface area contributed by atoms with Gasteiger partial charge in [0.2, 0.25) is 0 Å². The zero-order chi connectivity index (χ0) is 11.7. The van der Waals surface area contributed by atoms with Gasteiger partial charge in [-0.1, -0.05) is 24.3 Å². The Kier molecular flexibility index (Phi) is 3.25. The smallest absolute Gasteiger partial charge is 0.0451 e. The van der Waals surface area contributed by atoms with E-state index in [1.807, 2.05) is 18.2 Å². The van der Waals surface area contributed by atoms with Crippen LogP contribution in [-0.4, -0.2) is 18.6 Å². The molecule has 8 N–H and O–H groups in total. The zero-order valence-corrected chi connectivity index (χ0v) is 9.34. The molecule has 4 heteroatoms. The molecule has 1 aromatic carbocycles. The van der Waals surface area contributed by atoms with Crippen LogP contribution in [0.25, 0.3) is 0 Å². The Balaban J connectivity index is 2.40. The largest absolute Gasteiger partial charge is 0.329 e. The molecular formula is C12H20N4. The summed E-state index contributed by atoms with van der Waals surface area (Å²) in [7, 11) is 0. The van der Waals surface area contributed by atoms with E-state index in [0.717, 1.165) is 12.0 Å². The molecule has 0 aliphatic heterocycles. The first-order valence-corrected chi connectivity index (χ1v) is 5.70. The summed E-state index contributed by atoms with van der Waals surface area (Å²) in [4.78, 5) is 0. The average molecular weight is 220 g/mol. The topological polar surface area (TPSA) is 104 Å². The standard InChI is InChI=1S/C12H20N4/c13-6-11(15)9-5-10(14)12(16)8-4-2-1-3-7(8)9/h1-4,9-12H,5-6,13-16H2. The van der Waals surface area contributed by atoms with Gasteiger partial charge in [0.05, 0.1) is 0 Å². The van der Waals surface area contributed by atoms with E-state index in [2.05, 4.69) is 6.07 Å². The van der Waals surface area contributed by atoms with E-state index in [4.69, 9.17) is 22.9 Å². The molecule has 1 aromatic rings. The maximum absolute atomic E-state index is 6.10. The van der Waals surface area contributed by atoms with Crippen molar-refractivity contribution in [1.29, 1.82) is 0 Å². The first-order chi connectivity index (χ1) is 7.65. The van der Waals surface area contributed by atoms with Crippen LogP contribution in [0.3, 0.4) is 0 Å². The molecule has 1 aliphatic carbocycles. The molecule has 4 nitrogen and oxygen atoms in total. The predicted molar refractivity (Wildman–Crippen MR) is 65.7 cm³/mol. The highest BCUT2D eigenvalue weighted by atomic mass is 14.8. The van der Waals surface area contributed by atoms with Crippen LogP contribution in [0, 0.1) is 0 Å². The fraction of sp³-hybridized carbons (Fsp3) is 0.500. The van der Waals surface area contributed by atoms with Gasteiger partial charge < -0.3 is 22.9 Å². The lowest BCUT2D eigenvalue weighted by molar-refractivity contribution is 0.386. The van der Waals surface area contributed by atoms with E-state index < -0.39 is 0 Å². The van der Waals surface area contributed by atoms with E-state index in [9.17, 15) is 0 Å². The molecule has 0 saturated heterocycles. The van der Waals surface area contributed by atoms with Crippen molar-refractivity contribution in [3.63, 3.8) is 0 Å². The van der Waals surface area contributed by atoms with Crippen molar-refractivity contribution in [2.24, 2.45) is 22.9 Å². The Morgan fingerprint density at radius 3 is 2.44 bits per heavy atom. The zero-order valence-electron chi connectivity index (χ0n) is 9.34. The Labute approximate surface area is 96.0 Å². The Bertz CT molecular complexity index is 366. The van der Waals surface area contributed by atoms with Crippen molar-refractivity contribution in [3.8, 4) is 0 Å². The average Bonchev–Trinajstić information content (AvgIpc) is 2.33. The van der Waals surface area contributed by atoms with Gasteiger partial charge in [0.25, 0.3) is 0 Å². The van der Waals surface area contributed by atoms with Crippen LogP contribution in [0.1, 0.15) is 29.5 Å². The normalized spacial score (nSPS) is 30.9. The second-order valence-electron chi connectivity index (χ2n) is 4.56. The molecule has 0 fully saturated rings. The third-order valence-corrected chi connectivity index (χ3v) is 3.53. The summed E-state index contributed by atoms with van der Waals surface area (Å²) in [6, 6.07) is 7.96. The van der Waals surface area contributed by atoms with Crippen LogP contribution in [0.2, 0.25) is 0 Å². The molecule has 0 bridgehead atoms. The highest BCUT2D eigenvalue weighted by Crippen LogP contribution is 2.36. The first-order valence-electron chi connectivity index (χ1n) is 5.70. The number of benzene rings is 1. The summed E-state index contributed by atoms with van der Waals surface area (Å²) in [5.41, 5.74) is 26.2. The van der Waals surface area contributed by atoms with E-state index in [0.29, 0.717) is 6.54 Å². The molecule has 0 saturated carbocycles. The SMILES string of the molecule is NCC(N)C1CC(N)C(N)c2ccccc21. The number of rotatable bonds is 2. The molecule has 0 radical (unpaired) electrons. The molecule has 88 valence electrons. The molecule has 4 unspecified atom stereocenters. The van der Waals surface area contributed by atoms with Crippen LogP contribution < -0.4 is 22.9 Å². The number of nitrogens with two attached hydrogens (primary N) is 4. The molecule has 0 spiro atoms. The highest BCUT2D eigenvalue weighted by Gasteiger charge is 2.32. The molecule has 1 aliphatic rings. The van der Waals surface area contributed by atoms with Gasteiger partial charge in [0.1, 0.15) is 0 Å². The molecule has 0 aromatic heterocycles. The van der Waals surface area contributed by atoms with Crippen LogP contribution in [0.15, 0.2) is 24.3 Å². The quantitative estimate of drug-likeness (QED) is 0.553. The van der Waals surface area contributed by atoms with E-state index in [-0.39, 0.29) is 24.0 Å². The van der Waals surface area contributed by atoms with Gasteiger partial charge in [0, 0.05) is 30.6 Å². The molecule has 0 amide bonds. The first kappa shape index (κ1) is 11.5. The van der Waals surface area contributed by atoms with Crippen molar-refractivity contribution in [3.05, 3.63) is 35.4 Å². The van der Waals surface area contributed by atoms with E-state index >= 15 is 0 Å². The van der Waals surface area contributed by atoms with Crippen molar-refractivity contribution < 1.29 is 0 Å². The van der Waals surface area contributed by atoms with Crippen molar-refractivity contribution >= 4 is 0 Å². The lowest BCUT2D eigenvalue weighted by Crippen LogP contribution is -2.46. The van der Waals surface area contributed by atoms with Gasteiger partial charge in [-0.25, -0.2) is 0 Å².